The van der Waals surface area contributed by atoms with Gasteiger partial charge in [0.2, 0.25) is 5.91 Å². The number of nitrogen functional groups attached to an aromatic ring is 1. The first kappa shape index (κ1) is 21.2. The van der Waals surface area contributed by atoms with E-state index in [9.17, 15) is 14.9 Å². The van der Waals surface area contributed by atoms with Crippen molar-refractivity contribution in [3.05, 3.63) is 36.0 Å². The lowest BCUT2D eigenvalue weighted by atomic mass is 10.2. The number of imide groups is 1. The molecule has 0 heterocycles. The molecule has 3 N–H and O–H groups in total. The van der Waals surface area contributed by atoms with E-state index in [0.717, 1.165) is 4.90 Å². The number of carbonyl (C=O) groups is 2. The van der Waals surface area contributed by atoms with Crippen molar-refractivity contribution in [2.45, 2.75) is 27.1 Å². The van der Waals surface area contributed by atoms with Crippen molar-refractivity contribution >= 4 is 23.2 Å². The Morgan fingerprint density at radius 2 is 1.85 bits per heavy atom. The maximum atomic E-state index is 12.6. The van der Waals surface area contributed by atoms with E-state index in [-0.39, 0.29) is 12.1 Å². The molecule has 0 saturated heterocycles. The van der Waals surface area contributed by atoms with E-state index < -0.39 is 18.1 Å². The smallest absolute Gasteiger partial charge is 0.277 e. The first-order chi connectivity index (χ1) is 12.4. The number of benzene rings is 1. The molecule has 1 aromatic carbocycles. The van der Waals surface area contributed by atoms with Gasteiger partial charge in [-0.25, -0.2) is 4.90 Å². The maximum absolute atomic E-state index is 12.6. The number of nitriles is 1. The molecule has 26 heavy (non-hydrogen) atoms. The van der Waals surface area contributed by atoms with Crippen LogP contribution in [0.1, 0.15) is 20.8 Å². The Morgan fingerprint density at radius 1 is 1.27 bits per heavy atom. The van der Waals surface area contributed by atoms with Gasteiger partial charge in [-0.05, 0) is 38.1 Å². The van der Waals surface area contributed by atoms with Crippen LogP contribution >= 0.6 is 0 Å². The van der Waals surface area contributed by atoms with E-state index in [1.165, 1.54) is 25.3 Å². The first-order valence-corrected chi connectivity index (χ1v) is 8.21. The number of nitrogens with zero attached hydrogens (tertiary/aromatic N) is 2. The zero-order valence-corrected chi connectivity index (χ0v) is 15.2. The van der Waals surface area contributed by atoms with Crippen LogP contribution in [-0.4, -0.2) is 37.9 Å². The summed E-state index contributed by atoms with van der Waals surface area (Å²) in [4.78, 5) is 25.4. The summed E-state index contributed by atoms with van der Waals surface area (Å²) >= 11 is 0. The number of anilines is 2. The van der Waals surface area contributed by atoms with Gasteiger partial charge < -0.3 is 20.5 Å². The Bertz CT molecular complexity index is 673. The molecule has 0 aliphatic heterocycles. The van der Waals surface area contributed by atoms with Gasteiger partial charge in [-0.2, -0.15) is 5.26 Å². The topological polar surface area (TPSA) is 118 Å². The SMILES string of the molecule is CCOC(CN/C=C(/C#N)C(=O)N(C(C)=O)c1ccc(N)cc1)OCC. The van der Waals surface area contributed by atoms with Crippen LogP contribution in [0.15, 0.2) is 36.0 Å². The zero-order chi connectivity index (χ0) is 19.5. The Kier molecular flexibility index (Phi) is 8.84. The molecule has 0 unspecified atom stereocenters. The molecule has 8 nitrogen and oxygen atoms in total. The summed E-state index contributed by atoms with van der Waals surface area (Å²) in [6, 6.07) is 8.02. The van der Waals surface area contributed by atoms with Gasteiger partial charge in [-0.3, -0.25) is 9.59 Å². The predicted molar refractivity (Wildman–Crippen MR) is 97.8 cm³/mol. The summed E-state index contributed by atoms with van der Waals surface area (Å²) in [5.41, 5.74) is 6.24. The molecule has 0 bridgehead atoms. The molecular formula is C18H24N4O4. The minimum absolute atomic E-state index is 0.219. The molecule has 0 atom stereocenters. The van der Waals surface area contributed by atoms with Gasteiger partial charge in [0, 0.05) is 32.0 Å². The van der Waals surface area contributed by atoms with E-state index >= 15 is 0 Å². The van der Waals surface area contributed by atoms with Gasteiger partial charge in [0.1, 0.15) is 11.6 Å². The van der Waals surface area contributed by atoms with Crippen molar-refractivity contribution in [1.82, 2.24) is 5.32 Å². The Balaban J connectivity index is 2.92. The number of rotatable bonds is 9. The van der Waals surface area contributed by atoms with Crippen LogP contribution < -0.4 is 16.0 Å². The van der Waals surface area contributed by atoms with Crippen LogP contribution in [0.3, 0.4) is 0 Å². The fraction of sp³-hybridized carbons (Fsp3) is 0.389. The molecule has 0 aromatic heterocycles. The van der Waals surface area contributed by atoms with Crippen LogP contribution in [-0.2, 0) is 19.1 Å². The van der Waals surface area contributed by atoms with Crippen LogP contribution in [0.5, 0.6) is 0 Å². The zero-order valence-electron chi connectivity index (χ0n) is 15.2. The van der Waals surface area contributed by atoms with Gasteiger partial charge in [-0.15, -0.1) is 0 Å². The molecule has 1 aromatic rings. The molecule has 1 rings (SSSR count). The fourth-order valence-corrected chi connectivity index (χ4v) is 2.12. The van der Waals surface area contributed by atoms with Gasteiger partial charge in [-0.1, -0.05) is 0 Å². The Morgan fingerprint density at radius 3 is 2.31 bits per heavy atom. The number of amides is 2. The molecule has 0 fully saturated rings. The van der Waals surface area contributed by atoms with E-state index in [4.69, 9.17) is 15.2 Å². The highest BCUT2D eigenvalue weighted by molar-refractivity contribution is 6.21. The Hall–Kier alpha value is -2.89. The highest BCUT2D eigenvalue weighted by Crippen LogP contribution is 2.18. The molecule has 0 saturated carbocycles. The second-order valence-corrected chi connectivity index (χ2v) is 5.17. The van der Waals surface area contributed by atoms with Crippen LogP contribution in [0.25, 0.3) is 0 Å². The van der Waals surface area contributed by atoms with Gasteiger partial charge in [0.25, 0.3) is 5.91 Å². The molecular weight excluding hydrogens is 336 g/mol. The average Bonchev–Trinajstić information content (AvgIpc) is 2.60. The average molecular weight is 360 g/mol. The monoisotopic (exact) mass is 360 g/mol. The summed E-state index contributed by atoms with van der Waals surface area (Å²) in [6.45, 7) is 6.11. The minimum atomic E-state index is -0.735. The highest BCUT2D eigenvalue weighted by atomic mass is 16.7. The number of nitrogens with two attached hydrogens (primary N) is 1. The van der Waals surface area contributed by atoms with E-state index in [1.807, 2.05) is 13.8 Å². The highest BCUT2D eigenvalue weighted by Gasteiger charge is 2.24. The van der Waals surface area contributed by atoms with Crippen molar-refractivity contribution in [3.63, 3.8) is 0 Å². The third-order valence-corrected chi connectivity index (χ3v) is 3.26. The molecule has 2 amide bonds. The van der Waals surface area contributed by atoms with Crippen LogP contribution in [0, 0.1) is 11.3 Å². The van der Waals surface area contributed by atoms with E-state index in [0.29, 0.717) is 24.6 Å². The summed E-state index contributed by atoms with van der Waals surface area (Å²) in [5.74, 6) is -1.25. The maximum Gasteiger partial charge on any atom is 0.277 e. The lowest BCUT2D eigenvalue weighted by Crippen LogP contribution is -2.37. The fourth-order valence-electron chi connectivity index (χ4n) is 2.12. The van der Waals surface area contributed by atoms with Crippen molar-refractivity contribution in [2.75, 3.05) is 30.4 Å². The van der Waals surface area contributed by atoms with E-state index in [1.54, 1.807) is 18.2 Å². The lowest BCUT2D eigenvalue weighted by molar-refractivity contribution is -0.131. The van der Waals surface area contributed by atoms with Gasteiger partial charge >= 0.3 is 0 Å². The van der Waals surface area contributed by atoms with Crippen LogP contribution in [0.4, 0.5) is 11.4 Å². The van der Waals surface area contributed by atoms with Crippen molar-refractivity contribution < 1.29 is 19.1 Å². The first-order valence-electron chi connectivity index (χ1n) is 8.21. The minimum Gasteiger partial charge on any atom is -0.399 e. The number of nitrogens with one attached hydrogen (secondary N) is 1. The van der Waals surface area contributed by atoms with Gasteiger partial charge in [0.15, 0.2) is 6.29 Å². The molecule has 0 radical (unpaired) electrons. The van der Waals surface area contributed by atoms with E-state index in [2.05, 4.69) is 5.32 Å². The van der Waals surface area contributed by atoms with Crippen molar-refractivity contribution in [3.8, 4) is 6.07 Å². The number of ether oxygens (including phenoxy) is 2. The molecule has 8 heteroatoms. The largest absolute Gasteiger partial charge is 0.399 e. The van der Waals surface area contributed by atoms with Crippen LogP contribution in [0.2, 0.25) is 0 Å². The molecule has 0 aliphatic rings. The summed E-state index contributed by atoms with van der Waals surface area (Å²) < 4.78 is 10.7. The quantitative estimate of drug-likeness (QED) is 0.297. The molecule has 140 valence electrons. The van der Waals surface area contributed by atoms with Crippen molar-refractivity contribution in [1.29, 1.82) is 5.26 Å². The molecule has 0 aliphatic carbocycles. The summed E-state index contributed by atoms with van der Waals surface area (Å²) in [5, 5.41) is 12.1. The normalized spacial score (nSPS) is 11.1. The number of hydrogen-bond acceptors (Lipinski definition) is 7. The Labute approximate surface area is 153 Å². The number of hydrogen-bond donors (Lipinski definition) is 2. The van der Waals surface area contributed by atoms with Crippen molar-refractivity contribution in [2.24, 2.45) is 0 Å². The number of carbonyl (C=O) groups excluding carboxylic acids is 2. The summed E-state index contributed by atoms with van der Waals surface area (Å²) in [6.07, 6.45) is 0.748. The third kappa shape index (κ3) is 6.20. The summed E-state index contributed by atoms with van der Waals surface area (Å²) in [7, 11) is 0. The standard InChI is InChI=1S/C18H24N4O4/c1-4-25-17(26-5-2)12-21-11-14(10-19)18(24)22(13(3)23)16-8-6-15(20)7-9-16/h6-9,11,17,21H,4-5,12,20H2,1-3H3/b14-11-. The lowest BCUT2D eigenvalue weighted by Gasteiger charge is -2.19. The third-order valence-electron chi connectivity index (χ3n) is 3.26. The second-order valence-electron chi connectivity index (χ2n) is 5.17. The predicted octanol–water partition coefficient (Wildman–Crippen LogP) is 1.54. The molecule has 0 spiro atoms. The van der Waals surface area contributed by atoms with Gasteiger partial charge in [0.05, 0.1) is 12.2 Å². The second kappa shape index (κ2) is 10.9.